The lowest BCUT2D eigenvalue weighted by atomic mass is 10.1. The number of hydrogen-bond donors (Lipinski definition) is 0. The average Bonchev–Trinajstić information content (AvgIpc) is 3.17. The zero-order valence-corrected chi connectivity index (χ0v) is 16.6. The van der Waals surface area contributed by atoms with E-state index in [1.165, 1.54) is 16.0 Å². The van der Waals surface area contributed by atoms with E-state index in [9.17, 15) is 4.79 Å². The van der Waals surface area contributed by atoms with Crippen molar-refractivity contribution in [3.8, 4) is 11.3 Å². The molecule has 0 aliphatic rings. The molecule has 0 N–H and O–H groups in total. The van der Waals surface area contributed by atoms with E-state index in [1.807, 2.05) is 54.9 Å². The maximum absolute atomic E-state index is 12.5. The zero-order valence-electron chi connectivity index (χ0n) is 15.8. The average molecular weight is 368 g/mol. The first-order chi connectivity index (χ1) is 12.5. The van der Waals surface area contributed by atoms with E-state index in [2.05, 4.69) is 30.2 Å². The third-order valence-corrected chi connectivity index (χ3v) is 5.79. The summed E-state index contributed by atoms with van der Waals surface area (Å²) >= 11 is 1.58. The van der Waals surface area contributed by atoms with Crippen molar-refractivity contribution in [2.45, 2.75) is 26.7 Å². The standard InChI is InChI=1S/C21H25N3OS/c1-15-13-20(26-16(15)2)21(25)23(3)12-8-11-18-14-19(24(4)22-18)17-9-6-5-7-10-17/h5-7,9-10,13-14H,8,11-12H2,1-4H3. The van der Waals surface area contributed by atoms with E-state index < -0.39 is 0 Å². The third-order valence-electron chi connectivity index (χ3n) is 4.65. The summed E-state index contributed by atoms with van der Waals surface area (Å²) in [7, 11) is 3.85. The van der Waals surface area contributed by atoms with Gasteiger partial charge in [-0.3, -0.25) is 9.48 Å². The molecule has 1 amide bonds. The predicted molar refractivity (Wildman–Crippen MR) is 108 cm³/mol. The van der Waals surface area contributed by atoms with Crippen molar-refractivity contribution in [3.63, 3.8) is 0 Å². The molecule has 0 spiro atoms. The molecule has 0 aliphatic carbocycles. The smallest absolute Gasteiger partial charge is 0.263 e. The highest BCUT2D eigenvalue weighted by molar-refractivity contribution is 7.14. The van der Waals surface area contributed by atoms with Crippen molar-refractivity contribution in [1.29, 1.82) is 0 Å². The normalized spacial score (nSPS) is 10.9. The summed E-state index contributed by atoms with van der Waals surface area (Å²) in [5.41, 5.74) is 4.54. The van der Waals surface area contributed by atoms with Gasteiger partial charge in [-0.05, 0) is 49.9 Å². The summed E-state index contributed by atoms with van der Waals surface area (Å²) in [5.74, 6) is 0.109. The van der Waals surface area contributed by atoms with Gasteiger partial charge in [0.25, 0.3) is 5.91 Å². The summed E-state index contributed by atoms with van der Waals surface area (Å²) in [6.45, 7) is 4.84. The van der Waals surface area contributed by atoms with E-state index >= 15 is 0 Å². The molecule has 5 heteroatoms. The van der Waals surface area contributed by atoms with Gasteiger partial charge >= 0.3 is 0 Å². The lowest BCUT2D eigenvalue weighted by Gasteiger charge is -2.15. The molecule has 136 valence electrons. The minimum absolute atomic E-state index is 0.109. The summed E-state index contributed by atoms with van der Waals surface area (Å²) in [5, 5.41) is 4.62. The van der Waals surface area contributed by atoms with Crippen LogP contribution >= 0.6 is 11.3 Å². The van der Waals surface area contributed by atoms with Gasteiger partial charge in [0.2, 0.25) is 0 Å². The van der Waals surface area contributed by atoms with E-state index in [0.29, 0.717) is 0 Å². The van der Waals surface area contributed by atoms with Gasteiger partial charge in [-0.25, -0.2) is 0 Å². The number of thiophene rings is 1. The Balaban J connectivity index is 1.57. The topological polar surface area (TPSA) is 38.1 Å². The predicted octanol–water partition coefficient (Wildman–Crippen LogP) is 4.47. The summed E-state index contributed by atoms with van der Waals surface area (Å²) in [4.78, 5) is 16.4. The SMILES string of the molecule is Cc1cc(C(=O)N(C)CCCc2cc(-c3ccccc3)n(C)n2)sc1C. The Morgan fingerprint density at radius 3 is 2.58 bits per heavy atom. The van der Waals surface area contributed by atoms with Crippen LogP contribution in [0.15, 0.2) is 42.5 Å². The van der Waals surface area contributed by atoms with Crippen LogP contribution < -0.4 is 0 Å². The van der Waals surface area contributed by atoms with Crippen molar-refractivity contribution in [3.05, 3.63) is 63.5 Å². The number of nitrogens with zero attached hydrogens (tertiary/aromatic N) is 3. The van der Waals surface area contributed by atoms with Crippen LogP contribution in [0.5, 0.6) is 0 Å². The molecule has 0 fully saturated rings. The fourth-order valence-corrected chi connectivity index (χ4v) is 4.02. The van der Waals surface area contributed by atoms with Gasteiger partial charge in [-0.1, -0.05) is 30.3 Å². The monoisotopic (exact) mass is 367 g/mol. The highest BCUT2D eigenvalue weighted by atomic mass is 32.1. The fraction of sp³-hybridized carbons (Fsp3) is 0.333. The molecule has 0 radical (unpaired) electrons. The van der Waals surface area contributed by atoms with Crippen molar-refractivity contribution in [2.24, 2.45) is 7.05 Å². The molecule has 0 aliphatic heterocycles. The van der Waals surface area contributed by atoms with E-state index in [1.54, 1.807) is 11.3 Å². The Labute approximate surface area is 159 Å². The van der Waals surface area contributed by atoms with Crippen LogP contribution in [-0.4, -0.2) is 34.2 Å². The number of carbonyl (C=O) groups excluding carboxylic acids is 1. The van der Waals surface area contributed by atoms with Gasteiger partial charge in [0.15, 0.2) is 0 Å². The van der Waals surface area contributed by atoms with Crippen LogP contribution in [-0.2, 0) is 13.5 Å². The molecule has 0 unspecified atom stereocenters. The van der Waals surface area contributed by atoms with Crippen molar-refractivity contribution in [2.75, 3.05) is 13.6 Å². The van der Waals surface area contributed by atoms with E-state index in [4.69, 9.17) is 0 Å². The highest BCUT2D eigenvalue weighted by Crippen LogP contribution is 2.22. The number of hydrogen-bond acceptors (Lipinski definition) is 3. The van der Waals surface area contributed by atoms with E-state index in [0.717, 1.165) is 35.7 Å². The van der Waals surface area contributed by atoms with E-state index in [-0.39, 0.29) is 5.91 Å². The first kappa shape index (κ1) is 18.4. The molecule has 1 aromatic carbocycles. The minimum atomic E-state index is 0.109. The van der Waals surface area contributed by atoms with Crippen molar-refractivity contribution in [1.82, 2.24) is 14.7 Å². The second-order valence-electron chi connectivity index (χ2n) is 6.69. The van der Waals surface area contributed by atoms with Crippen LogP contribution in [0.4, 0.5) is 0 Å². The lowest BCUT2D eigenvalue weighted by molar-refractivity contribution is 0.0798. The molecule has 4 nitrogen and oxygen atoms in total. The molecule has 26 heavy (non-hydrogen) atoms. The first-order valence-corrected chi connectivity index (χ1v) is 9.68. The van der Waals surface area contributed by atoms with Crippen LogP contribution in [0.25, 0.3) is 11.3 Å². The van der Waals surface area contributed by atoms with Crippen molar-refractivity contribution < 1.29 is 4.79 Å². The van der Waals surface area contributed by atoms with Crippen molar-refractivity contribution >= 4 is 17.2 Å². The molecule has 2 aromatic heterocycles. The van der Waals surface area contributed by atoms with Crippen LogP contribution in [0.3, 0.4) is 0 Å². The van der Waals surface area contributed by atoms with Gasteiger partial charge in [0, 0.05) is 25.5 Å². The molecule has 0 atom stereocenters. The van der Waals surface area contributed by atoms with Crippen LogP contribution in [0.2, 0.25) is 0 Å². The molecular formula is C21H25N3OS. The van der Waals surface area contributed by atoms with Gasteiger partial charge < -0.3 is 4.90 Å². The number of carbonyl (C=O) groups is 1. The summed E-state index contributed by atoms with van der Waals surface area (Å²) < 4.78 is 1.93. The van der Waals surface area contributed by atoms with Crippen LogP contribution in [0.1, 0.15) is 32.2 Å². The van der Waals surface area contributed by atoms with Gasteiger partial charge in [-0.2, -0.15) is 5.10 Å². The molecule has 2 heterocycles. The second kappa shape index (κ2) is 7.87. The Morgan fingerprint density at radius 1 is 1.19 bits per heavy atom. The molecular weight excluding hydrogens is 342 g/mol. The molecule has 0 saturated carbocycles. The number of benzene rings is 1. The van der Waals surface area contributed by atoms with Gasteiger partial charge in [-0.15, -0.1) is 11.3 Å². The maximum Gasteiger partial charge on any atom is 0.263 e. The highest BCUT2D eigenvalue weighted by Gasteiger charge is 2.15. The number of aryl methyl sites for hydroxylation is 4. The Bertz CT molecular complexity index is 876. The second-order valence-corrected chi connectivity index (χ2v) is 7.95. The maximum atomic E-state index is 12.5. The molecule has 0 saturated heterocycles. The Kier molecular flexibility index (Phi) is 5.57. The first-order valence-electron chi connectivity index (χ1n) is 8.86. The Hall–Kier alpha value is -2.40. The largest absolute Gasteiger partial charge is 0.341 e. The summed E-state index contributed by atoms with van der Waals surface area (Å²) in [6, 6.07) is 14.4. The quantitative estimate of drug-likeness (QED) is 0.645. The van der Waals surface area contributed by atoms with Gasteiger partial charge in [0.05, 0.1) is 16.3 Å². The molecule has 3 aromatic rings. The van der Waals surface area contributed by atoms with Gasteiger partial charge in [0.1, 0.15) is 0 Å². The third kappa shape index (κ3) is 4.05. The Morgan fingerprint density at radius 2 is 1.92 bits per heavy atom. The zero-order chi connectivity index (χ0) is 18.7. The lowest BCUT2D eigenvalue weighted by Crippen LogP contribution is -2.27. The molecule has 0 bridgehead atoms. The minimum Gasteiger partial charge on any atom is -0.341 e. The molecule has 3 rings (SSSR count). The van der Waals surface area contributed by atoms with Crippen LogP contribution in [0, 0.1) is 13.8 Å². The number of rotatable bonds is 6. The fourth-order valence-electron chi connectivity index (χ4n) is 2.99. The summed E-state index contributed by atoms with van der Waals surface area (Å²) in [6.07, 6.45) is 1.76. The number of amides is 1. The number of aromatic nitrogens is 2.